The molecule has 3 rings (SSSR count). The van der Waals surface area contributed by atoms with Gasteiger partial charge in [-0.2, -0.15) is 0 Å². The Labute approximate surface area is 138 Å². The highest BCUT2D eigenvalue weighted by atomic mass is 35.5. The average Bonchev–Trinajstić information content (AvgIpc) is 2.85. The van der Waals surface area contributed by atoms with Gasteiger partial charge >= 0.3 is 0 Å². The van der Waals surface area contributed by atoms with E-state index in [9.17, 15) is 4.79 Å². The van der Waals surface area contributed by atoms with E-state index in [2.05, 4.69) is 4.98 Å². The van der Waals surface area contributed by atoms with Crippen LogP contribution >= 0.6 is 23.4 Å². The molecule has 0 spiro atoms. The van der Waals surface area contributed by atoms with Gasteiger partial charge < -0.3 is 14.1 Å². The van der Waals surface area contributed by atoms with Crippen LogP contribution in [0, 0.1) is 0 Å². The molecule has 7 heteroatoms. The molecule has 0 N–H and O–H groups in total. The van der Waals surface area contributed by atoms with Crippen LogP contribution in [0.2, 0.25) is 5.02 Å². The number of hydrogen-bond acceptors (Lipinski definition) is 5. The van der Waals surface area contributed by atoms with Gasteiger partial charge in [-0.05, 0) is 32.0 Å². The van der Waals surface area contributed by atoms with Crippen molar-refractivity contribution in [2.75, 3.05) is 18.8 Å². The van der Waals surface area contributed by atoms with Crippen molar-refractivity contribution in [3.63, 3.8) is 0 Å². The van der Waals surface area contributed by atoms with Crippen molar-refractivity contribution in [2.24, 2.45) is 0 Å². The SMILES string of the molecule is C[C@@H]1CN(C(=O)CSc2nc3cc(Cl)ccc3o2)C[C@H](C)O1. The number of rotatable bonds is 3. The van der Waals surface area contributed by atoms with Crippen LogP contribution in [-0.4, -0.2) is 46.8 Å². The molecule has 2 atom stereocenters. The summed E-state index contributed by atoms with van der Waals surface area (Å²) in [5.74, 6) is 0.382. The minimum Gasteiger partial charge on any atom is -0.431 e. The van der Waals surface area contributed by atoms with E-state index in [0.29, 0.717) is 40.2 Å². The molecule has 1 aliphatic rings. The van der Waals surface area contributed by atoms with Crippen LogP contribution in [0.25, 0.3) is 11.1 Å². The zero-order valence-electron chi connectivity index (χ0n) is 12.4. The van der Waals surface area contributed by atoms with Gasteiger partial charge in [0.15, 0.2) is 5.58 Å². The molecule has 1 aliphatic heterocycles. The maximum absolute atomic E-state index is 12.3. The molecule has 0 aliphatic carbocycles. The minimum absolute atomic E-state index is 0.0733. The second kappa shape index (κ2) is 6.48. The third kappa shape index (κ3) is 3.56. The van der Waals surface area contributed by atoms with Gasteiger partial charge in [0.2, 0.25) is 5.91 Å². The highest BCUT2D eigenvalue weighted by Crippen LogP contribution is 2.26. The number of fused-ring (bicyclic) bond motifs is 1. The number of hydrogen-bond donors (Lipinski definition) is 0. The van der Waals surface area contributed by atoms with Crippen LogP contribution in [-0.2, 0) is 9.53 Å². The van der Waals surface area contributed by atoms with Crippen molar-refractivity contribution < 1.29 is 13.9 Å². The first kappa shape index (κ1) is 15.6. The lowest BCUT2D eigenvalue weighted by Crippen LogP contribution is -2.48. The summed E-state index contributed by atoms with van der Waals surface area (Å²) < 4.78 is 11.2. The van der Waals surface area contributed by atoms with Crippen LogP contribution < -0.4 is 0 Å². The van der Waals surface area contributed by atoms with E-state index in [1.54, 1.807) is 18.2 Å². The summed E-state index contributed by atoms with van der Waals surface area (Å²) in [7, 11) is 0. The molecule has 0 unspecified atom stereocenters. The fourth-order valence-electron chi connectivity index (χ4n) is 2.54. The van der Waals surface area contributed by atoms with Gasteiger partial charge in [-0.25, -0.2) is 4.98 Å². The lowest BCUT2D eigenvalue weighted by atomic mass is 10.2. The number of thioether (sulfide) groups is 1. The molecule has 118 valence electrons. The number of morpholine rings is 1. The molecule has 1 aromatic carbocycles. The fourth-order valence-corrected chi connectivity index (χ4v) is 3.44. The van der Waals surface area contributed by atoms with Crippen LogP contribution in [0.5, 0.6) is 0 Å². The summed E-state index contributed by atoms with van der Waals surface area (Å²) in [4.78, 5) is 18.5. The number of halogens is 1. The maximum atomic E-state index is 12.3. The molecular weight excluding hydrogens is 324 g/mol. The average molecular weight is 341 g/mol. The Bertz CT molecular complexity index is 680. The zero-order valence-corrected chi connectivity index (χ0v) is 14.0. The topological polar surface area (TPSA) is 55.6 Å². The molecule has 1 saturated heterocycles. The highest BCUT2D eigenvalue weighted by molar-refractivity contribution is 7.99. The summed E-state index contributed by atoms with van der Waals surface area (Å²) in [6.07, 6.45) is 0.147. The van der Waals surface area contributed by atoms with E-state index in [-0.39, 0.29) is 18.1 Å². The molecule has 0 bridgehead atoms. The normalized spacial score (nSPS) is 22.2. The van der Waals surface area contributed by atoms with Crippen molar-refractivity contribution in [1.29, 1.82) is 0 Å². The second-order valence-electron chi connectivity index (χ2n) is 5.44. The van der Waals surface area contributed by atoms with Gasteiger partial charge in [-0.15, -0.1) is 0 Å². The van der Waals surface area contributed by atoms with Crippen molar-refractivity contribution in [2.45, 2.75) is 31.3 Å². The molecule has 0 radical (unpaired) electrons. The Morgan fingerprint density at radius 1 is 1.41 bits per heavy atom. The molecule has 1 aromatic heterocycles. The maximum Gasteiger partial charge on any atom is 0.257 e. The Morgan fingerprint density at radius 2 is 2.14 bits per heavy atom. The third-order valence-electron chi connectivity index (χ3n) is 3.42. The molecule has 0 saturated carbocycles. The second-order valence-corrected chi connectivity index (χ2v) is 6.80. The molecule has 1 fully saturated rings. The van der Waals surface area contributed by atoms with E-state index in [4.69, 9.17) is 20.8 Å². The molecular formula is C15H17ClN2O3S. The largest absolute Gasteiger partial charge is 0.431 e. The standard InChI is InChI=1S/C15H17ClN2O3S/c1-9-6-18(7-10(2)20-9)14(19)8-22-15-17-12-5-11(16)3-4-13(12)21-15/h3-5,9-10H,6-8H2,1-2H3/t9-,10+. The zero-order chi connectivity index (χ0) is 15.7. The summed E-state index contributed by atoms with van der Waals surface area (Å²) >= 11 is 7.23. The van der Waals surface area contributed by atoms with Gasteiger partial charge in [-0.1, -0.05) is 23.4 Å². The van der Waals surface area contributed by atoms with E-state index < -0.39 is 0 Å². The predicted octanol–water partition coefficient (Wildman–Crippen LogP) is 3.21. The lowest BCUT2D eigenvalue weighted by Gasteiger charge is -2.35. The Kier molecular flexibility index (Phi) is 4.61. The summed E-state index contributed by atoms with van der Waals surface area (Å²) in [5.41, 5.74) is 1.38. The van der Waals surface area contributed by atoms with E-state index in [1.165, 1.54) is 11.8 Å². The summed E-state index contributed by atoms with van der Waals surface area (Å²) in [6, 6.07) is 5.28. The van der Waals surface area contributed by atoms with E-state index >= 15 is 0 Å². The Balaban J connectivity index is 1.62. The van der Waals surface area contributed by atoms with Gasteiger partial charge in [0.25, 0.3) is 5.22 Å². The number of benzene rings is 1. The van der Waals surface area contributed by atoms with Crippen molar-refractivity contribution >= 4 is 40.4 Å². The van der Waals surface area contributed by atoms with Crippen molar-refractivity contribution in [3.8, 4) is 0 Å². The molecule has 5 nitrogen and oxygen atoms in total. The van der Waals surface area contributed by atoms with E-state index in [1.807, 2.05) is 18.7 Å². The summed E-state index contributed by atoms with van der Waals surface area (Å²) in [5, 5.41) is 1.10. The molecule has 2 aromatic rings. The van der Waals surface area contributed by atoms with Crippen LogP contribution in [0.4, 0.5) is 0 Å². The van der Waals surface area contributed by atoms with Crippen molar-refractivity contribution in [3.05, 3.63) is 23.2 Å². The molecule has 22 heavy (non-hydrogen) atoms. The first-order valence-electron chi connectivity index (χ1n) is 7.13. The van der Waals surface area contributed by atoms with Gasteiger partial charge in [0.05, 0.1) is 18.0 Å². The number of oxazole rings is 1. The fraction of sp³-hybridized carbons (Fsp3) is 0.467. The van der Waals surface area contributed by atoms with Crippen LogP contribution in [0.15, 0.2) is 27.8 Å². The predicted molar refractivity (Wildman–Crippen MR) is 86.3 cm³/mol. The number of carbonyl (C=O) groups is 1. The summed E-state index contributed by atoms with van der Waals surface area (Å²) in [6.45, 7) is 5.22. The number of aromatic nitrogens is 1. The van der Waals surface area contributed by atoms with Crippen molar-refractivity contribution in [1.82, 2.24) is 9.88 Å². The van der Waals surface area contributed by atoms with Gasteiger partial charge in [0, 0.05) is 18.1 Å². The smallest absolute Gasteiger partial charge is 0.257 e. The number of carbonyl (C=O) groups excluding carboxylic acids is 1. The molecule has 2 heterocycles. The highest BCUT2D eigenvalue weighted by Gasteiger charge is 2.26. The number of amides is 1. The number of ether oxygens (including phenoxy) is 1. The minimum atomic E-state index is 0.0733. The molecule has 1 amide bonds. The first-order chi connectivity index (χ1) is 10.5. The third-order valence-corrected chi connectivity index (χ3v) is 4.47. The Hall–Kier alpha value is -1.24. The number of nitrogens with zero attached hydrogens (tertiary/aromatic N) is 2. The lowest BCUT2D eigenvalue weighted by molar-refractivity contribution is -0.140. The first-order valence-corrected chi connectivity index (χ1v) is 8.50. The van der Waals surface area contributed by atoms with Crippen LogP contribution in [0.1, 0.15) is 13.8 Å². The van der Waals surface area contributed by atoms with Gasteiger partial charge in [-0.3, -0.25) is 4.79 Å². The quantitative estimate of drug-likeness (QED) is 0.803. The Morgan fingerprint density at radius 3 is 2.86 bits per heavy atom. The van der Waals surface area contributed by atoms with E-state index in [0.717, 1.165) is 0 Å². The monoisotopic (exact) mass is 340 g/mol. The van der Waals surface area contributed by atoms with Crippen LogP contribution in [0.3, 0.4) is 0 Å². The van der Waals surface area contributed by atoms with Gasteiger partial charge in [0.1, 0.15) is 5.52 Å².